The van der Waals surface area contributed by atoms with Crippen LogP contribution in [0.15, 0.2) is 11.6 Å². The van der Waals surface area contributed by atoms with E-state index in [-0.39, 0.29) is 0 Å². The molecule has 3 heteroatoms. The maximum Gasteiger partial charge on any atom is 0.0875 e. The largest absolute Gasteiger partial charge is 0.298 e. The molecule has 0 bridgehead atoms. The molecule has 0 amide bonds. The highest BCUT2D eigenvalue weighted by Crippen LogP contribution is 1.78. The fraction of sp³-hybridized carbons (Fsp3) is 0.667. The normalized spacial score (nSPS) is 10.9. The minimum Gasteiger partial charge on any atom is -0.298 e. The molecule has 0 aliphatic heterocycles. The number of hydroxylamine groups is 1. The van der Waals surface area contributed by atoms with Gasteiger partial charge in [-0.25, -0.2) is 5.48 Å². The molecule has 2 nitrogen and oxygen atoms in total. The fourth-order valence-corrected chi connectivity index (χ4v) is 0.390. The van der Waals surface area contributed by atoms with E-state index in [1.807, 2.05) is 0 Å². The summed E-state index contributed by atoms with van der Waals surface area (Å²) in [7, 11) is 0. The van der Waals surface area contributed by atoms with Crippen LogP contribution in [0.3, 0.4) is 0 Å². The Kier molecular flexibility index (Phi) is 7.91. The SMILES string of the molecule is CCCNOC/C=C/Cl. The van der Waals surface area contributed by atoms with Gasteiger partial charge in [0.25, 0.3) is 0 Å². The minimum atomic E-state index is 0.531. The molecule has 0 aromatic carbocycles. The van der Waals surface area contributed by atoms with Crippen molar-refractivity contribution in [1.82, 2.24) is 5.48 Å². The zero-order valence-electron chi connectivity index (χ0n) is 5.56. The van der Waals surface area contributed by atoms with Crippen molar-refractivity contribution < 1.29 is 4.84 Å². The van der Waals surface area contributed by atoms with Gasteiger partial charge in [-0.3, -0.25) is 4.84 Å². The number of hydrogen-bond donors (Lipinski definition) is 1. The van der Waals surface area contributed by atoms with E-state index in [4.69, 9.17) is 16.4 Å². The maximum absolute atomic E-state index is 5.23. The van der Waals surface area contributed by atoms with Crippen LogP contribution >= 0.6 is 11.6 Å². The van der Waals surface area contributed by atoms with Gasteiger partial charge in [0.2, 0.25) is 0 Å². The quantitative estimate of drug-likeness (QED) is 0.474. The van der Waals surface area contributed by atoms with Crippen molar-refractivity contribution in [1.29, 1.82) is 0 Å². The highest BCUT2D eigenvalue weighted by Gasteiger charge is 1.78. The molecule has 0 saturated carbocycles. The fourth-order valence-electron chi connectivity index (χ4n) is 0.318. The average molecular weight is 150 g/mol. The molecule has 0 aliphatic rings. The second-order valence-corrected chi connectivity index (χ2v) is 1.82. The number of halogens is 1. The van der Waals surface area contributed by atoms with Gasteiger partial charge in [-0.1, -0.05) is 18.5 Å². The van der Waals surface area contributed by atoms with Crippen LogP contribution in [0.25, 0.3) is 0 Å². The molecule has 9 heavy (non-hydrogen) atoms. The van der Waals surface area contributed by atoms with Crippen molar-refractivity contribution in [2.24, 2.45) is 0 Å². The summed E-state index contributed by atoms with van der Waals surface area (Å²) in [5, 5.41) is 0. The van der Waals surface area contributed by atoms with E-state index in [1.54, 1.807) is 6.08 Å². The minimum absolute atomic E-state index is 0.531. The molecule has 0 unspecified atom stereocenters. The van der Waals surface area contributed by atoms with Crippen LogP contribution in [-0.4, -0.2) is 13.2 Å². The van der Waals surface area contributed by atoms with Crippen LogP contribution in [-0.2, 0) is 4.84 Å². The van der Waals surface area contributed by atoms with Crippen molar-refractivity contribution >= 4 is 11.6 Å². The lowest BCUT2D eigenvalue weighted by molar-refractivity contribution is 0.0629. The van der Waals surface area contributed by atoms with Crippen LogP contribution in [0, 0.1) is 0 Å². The molecule has 0 aromatic rings. The lowest BCUT2D eigenvalue weighted by Gasteiger charge is -1.98. The molecule has 0 rings (SSSR count). The highest BCUT2D eigenvalue weighted by atomic mass is 35.5. The second-order valence-electron chi connectivity index (χ2n) is 1.57. The summed E-state index contributed by atoms with van der Waals surface area (Å²) < 4.78 is 0. The van der Waals surface area contributed by atoms with Crippen molar-refractivity contribution in [2.75, 3.05) is 13.2 Å². The van der Waals surface area contributed by atoms with E-state index >= 15 is 0 Å². The second kappa shape index (κ2) is 7.95. The average Bonchev–Trinajstić information content (AvgIpc) is 1.89. The van der Waals surface area contributed by atoms with Gasteiger partial charge in [0.05, 0.1) is 6.61 Å². The Morgan fingerprint density at radius 3 is 3.00 bits per heavy atom. The molecule has 0 fully saturated rings. The Morgan fingerprint density at radius 2 is 2.44 bits per heavy atom. The van der Waals surface area contributed by atoms with Crippen molar-refractivity contribution in [3.63, 3.8) is 0 Å². The Morgan fingerprint density at radius 1 is 1.67 bits per heavy atom. The molecule has 1 N–H and O–H groups in total. The molecule has 0 radical (unpaired) electrons. The number of rotatable bonds is 5. The molecule has 0 heterocycles. The summed E-state index contributed by atoms with van der Waals surface area (Å²) in [5.74, 6) is 0. The van der Waals surface area contributed by atoms with E-state index in [0.29, 0.717) is 6.61 Å². The summed E-state index contributed by atoms with van der Waals surface area (Å²) in [6.07, 6.45) is 2.80. The molecule has 0 aliphatic carbocycles. The zero-order chi connectivity index (χ0) is 6.95. The highest BCUT2D eigenvalue weighted by molar-refractivity contribution is 6.25. The summed E-state index contributed by atoms with van der Waals surface area (Å²) in [6, 6.07) is 0. The van der Waals surface area contributed by atoms with E-state index in [0.717, 1.165) is 13.0 Å². The van der Waals surface area contributed by atoms with Crippen LogP contribution in [0.1, 0.15) is 13.3 Å². The predicted octanol–water partition coefficient (Wildman–Crippen LogP) is 1.67. The van der Waals surface area contributed by atoms with Crippen LogP contribution in [0.2, 0.25) is 0 Å². The van der Waals surface area contributed by atoms with Gasteiger partial charge in [-0.2, -0.15) is 0 Å². The monoisotopic (exact) mass is 149 g/mol. The lowest BCUT2D eigenvalue weighted by atomic mass is 10.5. The van der Waals surface area contributed by atoms with Crippen molar-refractivity contribution in [3.05, 3.63) is 11.6 Å². The molecule has 0 spiro atoms. The van der Waals surface area contributed by atoms with Gasteiger partial charge in [0, 0.05) is 12.1 Å². The van der Waals surface area contributed by atoms with E-state index in [1.165, 1.54) is 5.54 Å². The standard InChI is InChI=1S/C6H12ClNO/c1-2-5-8-9-6-3-4-7/h3-4,8H,2,5-6H2,1H3/b4-3+. The first-order valence-corrected chi connectivity index (χ1v) is 3.45. The zero-order valence-corrected chi connectivity index (χ0v) is 6.32. The van der Waals surface area contributed by atoms with Gasteiger partial charge in [-0.05, 0) is 12.5 Å². The van der Waals surface area contributed by atoms with Crippen molar-refractivity contribution in [3.8, 4) is 0 Å². The van der Waals surface area contributed by atoms with Gasteiger partial charge in [-0.15, -0.1) is 0 Å². The molecular weight excluding hydrogens is 138 g/mol. The first-order chi connectivity index (χ1) is 4.41. The van der Waals surface area contributed by atoms with E-state index in [2.05, 4.69) is 12.4 Å². The first kappa shape index (κ1) is 8.95. The van der Waals surface area contributed by atoms with E-state index in [9.17, 15) is 0 Å². The Bertz CT molecular complexity index is 75.5. The Labute approximate surface area is 60.8 Å². The summed E-state index contributed by atoms with van der Waals surface area (Å²) in [6.45, 7) is 3.49. The van der Waals surface area contributed by atoms with E-state index < -0.39 is 0 Å². The molecule has 54 valence electrons. The molecule has 0 saturated heterocycles. The summed E-state index contributed by atoms with van der Waals surface area (Å²) >= 11 is 5.23. The molecule has 0 aromatic heterocycles. The first-order valence-electron chi connectivity index (χ1n) is 3.01. The Hall–Kier alpha value is -0.0500. The van der Waals surface area contributed by atoms with Gasteiger partial charge < -0.3 is 0 Å². The Balaban J connectivity index is 2.75. The van der Waals surface area contributed by atoms with Gasteiger partial charge >= 0.3 is 0 Å². The van der Waals surface area contributed by atoms with Crippen LogP contribution in [0.5, 0.6) is 0 Å². The van der Waals surface area contributed by atoms with Gasteiger partial charge in [0.15, 0.2) is 0 Å². The third-order valence-electron chi connectivity index (χ3n) is 0.723. The lowest BCUT2D eigenvalue weighted by Crippen LogP contribution is -2.14. The predicted molar refractivity (Wildman–Crippen MR) is 39.2 cm³/mol. The summed E-state index contributed by atoms with van der Waals surface area (Å²) in [5.41, 5.74) is 4.20. The topological polar surface area (TPSA) is 21.3 Å². The van der Waals surface area contributed by atoms with Crippen LogP contribution < -0.4 is 5.48 Å². The third-order valence-corrected chi connectivity index (χ3v) is 0.901. The number of hydrogen-bond acceptors (Lipinski definition) is 2. The smallest absolute Gasteiger partial charge is 0.0875 e. The number of nitrogens with one attached hydrogen (secondary N) is 1. The van der Waals surface area contributed by atoms with Crippen molar-refractivity contribution in [2.45, 2.75) is 13.3 Å². The molecule has 0 atom stereocenters. The maximum atomic E-state index is 5.23. The van der Waals surface area contributed by atoms with Gasteiger partial charge in [0.1, 0.15) is 0 Å². The molecular formula is C6H12ClNO. The van der Waals surface area contributed by atoms with Crippen LogP contribution in [0.4, 0.5) is 0 Å². The summed E-state index contributed by atoms with van der Waals surface area (Å²) in [4.78, 5) is 4.89. The third kappa shape index (κ3) is 7.95.